The predicted octanol–water partition coefficient (Wildman–Crippen LogP) is -0.437. The van der Waals surface area contributed by atoms with Crippen LogP contribution in [0.3, 0.4) is 0 Å². The number of aliphatic hydroxyl groups excluding tert-OH is 1. The molecular formula is C8H18N2O2. The van der Waals surface area contributed by atoms with Crippen molar-refractivity contribution in [3.8, 4) is 0 Å². The molecule has 0 fully saturated rings. The van der Waals surface area contributed by atoms with Crippen LogP contribution in [0.1, 0.15) is 20.8 Å². The summed E-state index contributed by atoms with van der Waals surface area (Å²) in [5, 5.41) is 8.68. The van der Waals surface area contributed by atoms with Gasteiger partial charge in [-0.1, -0.05) is 0 Å². The Hall–Kier alpha value is -0.610. The maximum atomic E-state index is 11.4. The van der Waals surface area contributed by atoms with E-state index in [1.54, 1.807) is 11.8 Å². The van der Waals surface area contributed by atoms with Crippen molar-refractivity contribution in [3.05, 3.63) is 0 Å². The first-order valence-corrected chi connectivity index (χ1v) is 4.17. The summed E-state index contributed by atoms with van der Waals surface area (Å²) in [4.78, 5) is 12.9. The average molecular weight is 174 g/mol. The zero-order valence-corrected chi connectivity index (χ0v) is 7.95. The Kier molecular flexibility index (Phi) is 4.85. The minimum absolute atomic E-state index is 0.0172. The van der Waals surface area contributed by atoms with Gasteiger partial charge in [-0.2, -0.15) is 0 Å². The van der Waals surface area contributed by atoms with Crippen molar-refractivity contribution in [3.63, 3.8) is 0 Å². The van der Waals surface area contributed by atoms with Crippen LogP contribution in [-0.4, -0.2) is 41.1 Å². The molecule has 0 aromatic carbocycles. The van der Waals surface area contributed by atoms with Crippen LogP contribution < -0.4 is 5.73 Å². The Bertz CT molecular complexity index is 146. The quantitative estimate of drug-likeness (QED) is 0.607. The number of nitrogens with zero attached hydrogens (tertiary/aromatic N) is 1. The fourth-order valence-corrected chi connectivity index (χ4v) is 0.992. The first-order chi connectivity index (χ1) is 5.50. The lowest BCUT2D eigenvalue weighted by Crippen LogP contribution is -2.46. The molecule has 3 N–H and O–H groups in total. The minimum atomic E-state index is -0.487. The summed E-state index contributed by atoms with van der Waals surface area (Å²) in [5.41, 5.74) is 5.43. The highest BCUT2D eigenvalue weighted by Gasteiger charge is 2.18. The molecule has 4 heteroatoms. The molecule has 0 heterocycles. The van der Waals surface area contributed by atoms with Crippen LogP contribution in [0.4, 0.5) is 0 Å². The molecule has 72 valence electrons. The van der Waals surface area contributed by atoms with E-state index >= 15 is 0 Å². The lowest BCUT2D eigenvalue weighted by Gasteiger charge is -2.27. The Morgan fingerprint density at radius 3 is 2.25 bits per heavy atom. The van der Waals surface area contributed by atoms with Crippen molar-refractivity contribution >= 4 is 5.91 Å². The predicted molar refractivity (Wildman–Crippen MR) is 47.6 cm³/mol. The Morgan fingerprint density at radius 2 is 2.00 bits per heavy atom. The van der Waals surface area contributed by atoms with Gasteiger partial charge in [0.1, 0.15) is 0 Å². The van der Waals surface area contributed by atoms with Crippen molar-refractivity contribution in [1.29, 1.82) is 0 Å². The van der Waals surface area contributed by atoms with Crippen LogP contribution >= 0.6 is 0 Å². The van der Waals surface area contributed by atoms with Crippen molar-refractivity contribution in [2.24, 2.45) is 5.73 Å². The van der Waals surface area contributed by atoms with E-state index in [-0.39, 0.29) is 18.6 Å². The molecule has 0 aliphatic heterocycles. The van der Waals surface area contributed by atoms with Crippen LogP contribution in [-0.2, 0) is 4.79 Å². The molecule has 0 saturated heterocycles. The van der Waals surface area contributed by atoms with E-state index in [1.165, 1.54) is 0 Å². The zero-order chi connectivity index (χ0) is 9.72. The molecule has 0 spiro atoms. The fourth-order valence-electron chi connectivity index (χ4n) is 0.992. The number of carbonyl (C=O) groups is 1. The van der Waals surface area contributed by atoms with Gasteiger partial charge in [-0.05, 0) is 20.8 Å². The van der Waals surface area contributed by atoms with Gasteiger partial charge in [0.25, 0.3) is 0 Å². The molecule has 12 heavy (non-hydrogen) atoms. The van der Waals surface area contributed by atoms with Crippen LogP contribution in [0.15, 0.2) is 0 Å². The standard InChI is InChI=1S/C8H18N2O2/c1-6(2)10(4-5-11)8(12)7(3)9/h6-7,11H,4-5,9H2,1-3H3. The first kappa shape index (κ1) is 11.4. The zero-order valence-electron chi connectivity index (χ0n) is 7.95. The molecule has 1 atom stereocenters. The highest BCUT2D eigenvalue weighted by Crippen LogP contribution is 1.99. The molecule has 1 unspecified atom stereocenters. The second-order valence-electron chi connectivity index (χ2n) is 3.14. The molecule has 0 aliphatic carbocycles. The molecule has 0 radical (unpaired) electrons. The summed E-state index contributed by atoms with van der Waals surface area (Å²) in [6.45, 7) is 5.79. The van der Waals surface area contributed by atoms with Gasteiger partial charge in [0.05, 0.1) is 12.6 Å². The van der Waals surface area contributed by atoms with Gasteiger partial charge < -0.3 is 15.7 Å². The number of carbonyl (C=O) groups excluding carboxylic acids is 1. The van der Waals surface area contributed by atoms with Crippen molar-refractivity contribution in [2.45, 2.75) is 32.9 Å². The largest absolute Gasteiger partial charge is 0.395 e. The highest BCUT2D eigenvalue weighted by atomic mass is 16.3. The summed E-state index contributed by atoms with van der Waals surface area (Å²) in [5.74, 6) is -0.112. The van der Waals surface area contributed by atoms with Gasteiger partial charge in [-0.15, -0.1) is 0 Å². The summed E-state index contributed by atoms with van der Waals surface area (Å²) in [7, 11) is 0. The first-order valence-electron chi connectivity index (χ1n) is 4.17. The van der Waals surface area contributed by atoms with E-state index in [0.29, 0.717) is 6.54 Å². The molecular weight excluding hydrogens is 156 g/mol. The van der Waals surface area contributed by atoms with Crippen molar-refractivity contribution < 1.29 is 9.90 Å². The van der Waals surface area contributed by atoms with Crippen LogP contribution in [0.2, 0.25) is 0 Å². The molecule has 4 nitrogen and oxygen atoms in total. The molecule has 0 saturated carbocycles. The third-order valence-electron chi connectivity index (χ3n) is 1.64. The summed E-state index contributed by atoms with van der Waals surface area (Å²) in [6, 6.07) is -0.394. The number of aliphatic hydroxyl groups is 1. The maximum Gasteiger partial charge on any atom is 0.239 e. The van der Waals surface area contributed by atoms with E-state index in [0.717, 1.165) is 0 Å². The van der Waals surface area contributed by atoms with Gasteiger partial charge in [0, 0.05) is 12.6 Å². The molecule has 0 bridgehead atoms. The van der Waals surface area contributed by atoms with Crippen LogP contribution in [0.25, 0.3) is 0 Å². The number of hydrogen-bond donors (Lipinski definition) is 2. The van der Waals surface area contributed by atoms with E-state index in [2.05, 4.69) is 0 Å². The third-order valence-corrected chi connectivity index (χ3v) is 1.64. The highest BCUT2D eigenvalue weighted by molar-refractivity contribution is 5.81. The van der Waals surface area contributed by atoms with Crippen LogP contribution in [0.5, 0.6) is 0 Å². The summed E-state index contributed by atoms with van der Waals surface area (Å²) < 4.78 is 0. The minimum Gasteiger partial charge on any atom is -0.395 e. The van der Waals surface area contributed by atoms with Gasteiger partial charge in [0.2, 0.25) is 5.91 Å². The van der Waals surface area contributed by atoms with Gasteiger partial charge in [-0.3, -0.25) is 4.79 Å². The third kappa shape index (κ3) is 3.19. The van der Waals surface area contributed by atoms with Crippen molar-refractivity contribution in [1.82, 2.24) is 4.90 Å². The lowest BCUT2D eigenvalue weighted by atomic mass is 10.2. The Labute approximate surface area is 73.3 Å². The topological polar surface area (TPSA) is 66.6 Å². The van der Waals surface area contributed by atoms with E-state index < -0.39 is 6.04 Å². The molecule has 0 rings (SSSR count). The van der Waals surface area contributed by atoms with Crippen LogP contribution in [0, 0.1) is 0 Å². The smallest absolute Gasteiger partial charge is 0.239 e. The lowest BCUT2D eigenvalue weighted by molar-refractivity contribution is -0.134. The van der Waals surface area contributed by atoms with Crippen molar-refractivity contribution in [2.75, 3.05) is 13.2 Å². The summed E-state index contributed by atoms with van der Waals surface area (Å²) >= 11 is 0. The molecule has 0 aromatic heterocycles. The van der Waals surface area contributed by atoms with Gasteiger partial charge in [0.15, 0.2) is 0 Å². The van der Waals surface area contributed by atoms with E-state index in [4.69, 9.17) is 10.8 Å². The van der Waals surface area contributed by atoms with E-state index in [9.17, 15) is 4.79 Å². The van der Waals surface area contributed by atoms with E-state index in [1.807, 2.05) is 13.8 Å². The Morgan fingerprint density at radius 1 is 1.50 bits per heavy atom. The number of nitrogens with two attached hydrogens (primary N) is 1. The number of hydrogen-bond acceptors (Lipinski definition) is 3. The number of amides is 1. The second kappa shape index (κ2) is 5.11. The maximum absolute atomic E-state index is 11.4. The molecule has 0 aromatic rings. The Balaban J connectivity index is 4.19. The van der Waals surface area contributed by atoms with Gasteiger partial charge >= 0.3 is 0 Å². The SMILES string of the molecule is CC(N)C(=O)N(CCO)C(C)C. The number of rotatable bonds is 4. The normalized spacial score (nSPS) is 13.2. The second-order valence-corrected chi connectivity index (χ2v) is 3.14. The summed E-state index contributed by atoms with van der Waals surface area (Å²) in [6.07, 6.45) is 0. The molecule has 0 aliphatic rings. The average Bonchev–Trinajstić information content (AvgIpc) is 1.98. The van der Waals surface area contributed by atoms with Gasteiger partial charge in [-0.25, -0.2) is 0 Å². The monoisotopic (exact) mass is 174 g/mol. The fraction of sp³-hybridized carbons (Fsp3) is 0.875. The molecule has 1 amide bonds.